The van der Waals surface area contributed by atoms with Crippen LogP contribution in [0.4, 0.5) is 0 Å². The Bertz CT molecular complexity index is 786. The minimum atomic E-state index is -0.237. The third kappa shape index (κ3) is 3.65. The number of likely N-dealkylation sites (tertiary alicyclic amines) is 1. The van der Waals surface area contributed by atoms with E-state index in [9.17, 15) is 4.79 Å². The zero-order valence-corrected chi connectivity index (χ0v) is 15.6. The van der Waals surface area contributed by atoms with Gasteiger partial charge in [-0.25, -0.2) is 0 Å². The predicted molar refractivity (Wildman–Crippen MR) is 94.4 cm³/mol. The summed E-state index contributed by atoms with van der Waals surface area (Å²) in [5.41, 5.74) is 1.14. The molecule has 2 aromatic rings. The zero-order chi connectivity index (χ0) is 18.3. The summed E-state index contributed by atoms with van der Waals surface area (Å²) in [6, 6.07) is 0.342. The van der Waals surface area contributed by atoms with Crippen molar-refractivity contribution in [1.82, 2.24) is 30.1 Å². The van der Waals surface area contributed by atoms with E-state index in [-0.39, 0.29) is 29.4 Å². The van der Waals surface area contributed by atoms with Crippen molar-refractivity contribution < 1.29 is 9.32 Å². The second kappa shape index (κ2) is 6.50. The fraction of sp³-hybridized carbons (Fsp3) is 0.667. The first kappa shape index (κ1) is 17.2. The van der Waals surface area contributed by atoms with Crippen molar-refractivity contribution in [2.75, 3.05) is 6.54 Å². The van der Waals surface area contributed by atoms with Crippen LogP contribution in [0.1, 0.15) is 74.6 Å². The summed E-state index contributed by atoms with van der Waals surface area (Å²) >= 11 is 0. The Morgan fingerprint density at radius 3 is 2.85 bits per heavy atom. The first-order valence-corrected chi connectivity index (χ1v) is 9.33. The molecular formula is C18H26N6O2. The Kier molecular flexibility index (Phi) is 4.30. The van der Waals surface area contributed by atoms with E-state index >= 15 is 0 Å². The van der Waals surface area contributed by atoms with E-state index in [0.29, 0.717) is 5.89 Å². The van der Waals surface area contributed by atoms with E-state index in [4.69, 9.17) is 4.52 Å². The van der Waals surface area contributed by atoms with Crippen LogP contribution in [-0.4, -0.2) is 43.3 Å². The number of aromatic nitrogens is 4. The molecule has 1 N–H and O–H groups in total. The van der Waals surface area contributed by atoms with E-state index in [1.807, 2.05) is 10.9 Å². The maximum Gasteiger partial charge on any atom is 0.292 e. The summed E-state index contributed by atoms with van der Waals surface area (Å²) < 4.78 is 7.40. The van der Waals surface area contributed by atoms with Crippen LogP contribution in [0.25, 0.3) is 0 Å². The van der Waals surface area contributed by atoms with Crippen LogP contribution in [0.3, 0.4) is 0 Å². The average molecular weight is 358 g/mol. The van der Waals surface area contributed by atoms with Gasteiger partial charge in [-0.15, -0.1) is 0 Å². The van der Waals surface area contributed by atoms with Gasteiger partial charge in [0.05, 0.1) is 17.8 Å². The van der Waals surface area contributed by atoms with Gasteiger partial charge in [0.25, 0.3) is 11.7 Å². The van der Waals surface area contributed by atoms with Crippen molar-refractivity contribution >= 4 is 5.91 Å². The van der Waals surface area contributed by atoms with Crippen molar-refractivity contribution in [3.63, 3.8) is 0 Å². The van der Waals surface area contributed by atoms with Crippen molar-refractivity contribution in [3.05, 3.63) is 29.7 Å². The van der Waals surface area contributed by atoms with Gasteiger partial charge in [0.1, 0.15) is 0 Å². The molecule has 1 atom stereocenters. The monoisotopic (exact) mass is 358 g/mol. The van der Waals surface area contributed by atoms with Crippen LogP contribution in [0.15, 0.2) is 16.9 Å². The highest BCUT2D eigenvalue weighted by Gasteiger charge is 2.33. The number of carbonyl (C=O) groups excluding carboxylic acids is 1. The number of nitrogens with one attached hydrogen (secondary N) is 1. The lowest BCUT2D eigenvalue weighted by molar-refractivity contribution is 0.0937. The molecule has 0 bridgehead atoms. The molecule has 0 aromatic carbocycles. The topological polar surface area (TPSA) is 89.1 Å². The van der Waals surface area contributed by atoms with E-state index in [0.717, 1.165) is 44.3 Å². The molecule has 140 valence electrons. The third-order valence-electron chi connectivity index (χ3n) is 4.92. The highest BCUT2D eigenvalue weighted by molar-refractivity contribution is 5.90. The molecule has 1 aliphatic heterocycles. The van der Waals surface area contributed by atoms with Gasteiger partial charge < -0.3 is 9.84 Å². The van der Waals surface area contributed by atoms with Crippen molar-refractivity contribution in [2.45, 2.75) is 70.6 Å². The number of amides is 1. The number of rotatable bonds is 5. The second-order valence-corrected chi connectivity index (χ2v) is 8.30. The van der Waals surface area contributed by atoms with E-state index < -0.39 is 0 Å². The van der Waals surface area contributed by atoms with E-state index in [2.05, 4.69) is 52.4 Å². The molecule has 0 spiro atoms. The molecule has 8 heteroatoms. The Hall–Kier alpha value is -2.22. The van der Waals surface area contributed by atoms with Gasteiger partial charge in [0, 0.05) is 24.3 Å². The molecule has 3 heterocycles. The molecule has 2 aliphatic rings. The summed E-state index contributed by atoms with van der Waals surface area (Å²) in [6.07, 6.45) is 8.12. The average Bonchev–Trinajstić information content (AvgIpc) is 3.01. The van der Waals surface area contributed by atoms with Crippen LogP contribution >= 0.6 is 0 Å². The Morgan fingerprint density at radius 1 is 1.35 bits per heavy atom. The maximum atomic E-state index is 12.1. The minimum Gasteiger partial charge on any atom is -0.346 e. The third-order valence-corrected chi connectivity index (χ3v) is 4.92. The van der Waals surface area contributed by atoms with Crippen LogP contribution < -0.4 is 5.32 Å². The van der Waals surface area contributed by atoms with E-state index in [1.54, 1.807) is 0 Å². The number of carbonyl (C=O) groups is 1. The second-order valence-electron chi connectivity index (χ2n) is 8.30. The number of hydrogen-bond donors (Lipinski definition) is 1. The molecule has 1 saturated heterocycles. The molecule has 1 saturated carbocycles. The smallest absolute Gasteiger partial charge is 0.292 e. The SMILES string of the molecule is CC(C)(C)n1cc(CN2CCC[C@H]2c2nc(C(=O)NC3CC3)no2)cn1. The van der Waals surface area contributed by atoms with Gasteiger partial charge >= 0.3 is 0 Å². The standard InChI is InChI=1S/C18H26N6O2/c1-18(2,3)24-11-12(9-19-24)10-23-8-4-5-14(23)17-21-15(22-26-17)16(25)20-13-6-7-13/h9,11,13-14H,4-8,10H2,1-3H3,(H,20,25)/t14-/m0/s1. The molecule has 4 rings (SSSR count). The van der Waals surface area contributed by atoms with Gasteiger partial charge in [-0.3, -0.25) is 14.4 Å². The maximum absolute atomic E-state index is 12.1. The fourth-order valence-electron chi connectivity index (χ4n) is 3.28. The van der Waals surface area contributed by atoms with Crippen LogP contribution in [0.5, 0.6) is 0 Å². The number of hydrogen-bond acceptors (Lipinski definition) is 6. The molecular weight excluding hydrogens is 332 g/mol. The van der Waals surface area contributed by atoms with Crippen molar-refractivity contribution in [3.8, 4) is 0 Å². The lowest BCUT2D eigenvalue weighted by atomic mass is 10.1. The molecule has 26 heavy (non-hydrogen) atoms. The lowest BCUT2D eigenvalue weighted by Crippen LogP contribution is -2.27. The molecule has 0 radical (unpaired) electrons. The Balaban J connectivity index is 1.44. The van der Waals surface area contributed by atoms with Gasteiger partial charge in [0.15, 0.2) is 0 Å². The zero-order valence-electron chi connectivity index (χ0n) is 15.6. The van der Waals surface area contributed by atoms with Gasteiger partial charge in [0.2, 0.25) is 5.89 Å². The highest BCUT2D eigenvalue weighted by atomic mass is 16.5. The van der Waals surface area contributed by atoms with Crippen LogP contribution in [-0.2, 0) is 12.1 Å². The largest absolute Gasteiger partial charge is 0.346 e. The minimum absolute atomic E-state index is 0.0288. The predicted octanol–water partition coefficient (Wildman–Crippen LogP) is 2.25. The van der Waals surface area contributed by atoms with Crippen molar-refractivity contribution in [1.29, 1.82) is 0 Å². The Morgan fingerprint density at radius 2 is 2.15 bits per heavy atom. The lowest BCUT2D eigenvalue weighted by Gasteiger charge is -2.21. The Labute approximate surface area is 152 Å². The van der Waals surface area contributed by atoms with Gasteiger partial charge in [-0.1, -0.05) is 5.16 Å². The van der Waals surface area contributed by atoms with Crippen molar-refractivity contribution in [2.24, 2.45) is 0 Å². The highest BCUT2D eigenvalue weighted by Crippen LogP contribution is 2.32. The fourth-order valence-corrected chi connectivity index (χ4v) is 3.28. The van der Waals surface area contributed by atoms with Crippen LogP contribution in [0, 0.1) is 0 Å². The summed E-state index contributed by atoms with van der Waals surface area (Å²) in [4.78, 5) is 18.7. The molecule has 1 amide bonds. The summed E-state index contributed by atoms with van der Waals surface area (Å²) in [5, 5.41) is 11.2. The molecule has 2 fully saturated rings. The normalized spacial score (nSPS) is 21.3. The van der Waals surface area contributed by atoms with E-state index in [1.165, 1.54) is 0 Å². The summed E-state index contributed by atoms with van der Waals surface area (Å²) in [5.74, 6) is 0.435. The summed E-state index contributed by atoms with van der Waals surface area (Å²) in [7, 11) is 0. The van der Waals surface area contributed by atoms with Gasteiger partial charge in [-0.05, 0) is 53.0 Å². The summed E-state index contributed by atoms with van der Waals surface area (Å²) in [6.45, 7) is 8.16. The first-order valence-electron chi connectivity index (χ1n) is 9.33. The first-order chi connectivity index (χ1) is 12.4. The van der Waals surface area contributed by atoms with Crippen LogP contribution in [0.2, 0.25) is 0 Å². The molecule has 2 aromatic heterocycles. The molecule has 0 unspecified atom stereocenters. The van der Waals surface area contributed by atoms with Gasteiger partial charge in [-0.2, -0.15) is 10.1 Å². The molecule has 1 aliphatic carbocycles. The molecule has 8 nitrogen and oxygen atoms in total. The quantitative estimate of drug-likeness (QED) is 0.882. The number of nitrogens with zero attached hydrogens (tertiary/aromatic N) is 5.